The van der Waals surface area contributed by atoms with Crippen LogP contribution in [0, 0.1) is 13.8 Å². The third-order valence-corrected chi connectivity index (χ3v) is 7.40. The van der Waals surface area contributed by atoms with Crippen LogP contribution in [-0.2, 0) is 0 Å². The van der Waals surface area contributed by atoms with Gasteiger partial charge in [-0.05, 0) is 45.9 Å². The van der Waals surface area contributed by atoms with E-state index in [0.717, 1.165) is 32.7 Å². The Bertz CT molecular complexity index is 1100. The number of rotatable bonds is 9. The molecule has 1 unspecified atom stereocenters. The number of hydrogen-bond donors (Lipinski definition) is 2. The van der Waals surface area contributed by atoms with Crippen LogP contribution < -0.4 is 15.0 Å². The summed E-state index contributed by atoms with van der Waals surface area (Å²) < 4.78 is 5.83. The Morgan fingerprint density at radius 3 is 2.65 bits per heavy atom. The van der Waals surface area contributed by atoms with Crippen LogP contribution in [0.2, 0.25) is 0 Å². The second-order valence-electron chi connectivity index (χ2n) is 9.04. The summed E-state index contributed by atoms with van der Waals surface area (Å²) in [5.41, 5.74) is 2.79. The molecule has 1 fully saturated rings. The molecule has 1 aliphatic carbocycles. The van der Waals surface area contributed by atoms with E-state index >= 15 is 0 Å². The van der Waals surface area contributed by atoms with Gasteiger partial charge in [0.2, 0.25) is 0 Å². The second kappa shape index (κ2) is 11.3. The fourth-order valence-electron chi connectivity index (χ4n) is 4.50. The highest BCUT2D eigenvalue weighted by molar-refractivity contribution is 7.15. The van der Waals surface area contributed by atoms with Crippen LogP contribution in [0.25, 0.3) is 22.0 Å². The maximum atomic E-state index is 9.99. The van der Waals surface area contributed by atoms with Crippen molar-refractivity contribution >= 4 is 17.2 Å². The molecule has 1 saturated carbocycles. The van der Waals surface area contributed by atoms with Crippen molar-refractivity contribution in [3.05, 3.63) is 41.0 Å². The summed E-state index contributed by atoms with van der Waals surface area (Å²) in [4.78, 5) is 18.0. The van der Waals surface area contributed by atoms with Crippen molar-refractivity contribution in [2.75, 3.05) is 32.1 Å². The van der Waals surface area contributed by atoms with Gasteiger partial charge in [0.25, 0.3) is 0 Å². The molecule has 0 radical (unpaired) electrons. The number of aryl methyl sites for hydroxylation is 2. The van der Waals surface area contributed by atoms with Gasteiger partial charge in [0.1, 0.15) is 24.3 Å². The molecule has 0 bridgehead atoms. The third kappa shape index (κ3) is 5.92. The first-order chi connectivity index (χ1) is 16.4. The predicted octanol–water partition coefficient (Wildman–Crippen LogP) is 4.61. The van der Waals surface area contributed by atoms with E-state index in [1.807, 2.05) is 45.2 Å². The van der Waals surface area contributed by atoms with Crippen LogP contribution in [0.15, 0.2) is 30.3 Å². The number of aliphatic hydroxyl groups is 1. The molecule has 0 amide bonds. The van der Waals surface area contributed by atoms with E-state index in [9.17, 15) is 5.11 Å². The minimum atomic E-state index is -0.568. The Morgan fingerprint density at radius 2 is 1.94 bits per heavy atom. The number of nitrogens with zero attached hydrogens (tertiary/aromatic N) is 4. The summed E-state index contributed by atoms with van der Waals surface area (Å²) in [7, 11) is 3.96. The Kier molecular flexibility index (Phi) is 8.13. The van der Waals surface area contributed by atoms with Crippen LogP contribution in [0.1, 0.15) is 42.8 Å². The van der Waals surface area contributed by atoms with Crippen LogP contribution >= 0.6 is 11.3 Å². The van der Waals surface area contributed by atoms with E-state index in [4.69, 9.17) is 14.7 Å². The summed E-state index contributed by atoms with van der Waals surface area (Å²) >= 11 is 1.67. The molecule has 34 heavy (non-hydrogen) atoms. The maximum absolute atomic E-state index is 9.99. The summed E-state index contributed by atoms with van der Waals surface area (Å²) in [6.45, 7) is 4.77. The number of nitrogens with one attached hydrogen (secondary N) is 1. The third-order valence-electron chi connectivity index (χ3n) is 6.31. The molecule has 0 spiro atoms. The van der Waals surface area contributed by atoms with Gasteiger partial charge in [0, 0.05) is 31.3 Å². The first-order valence-corrected chi connectivity index (χ1v) is 12.9. The number of anilines is 1. The zero-order valence-corrected chi connectivity index (χ0v) is 21.4. The smallest absolute Gasteiger partial charge is 0.162 e. The number of aromatic nitrogens is 3. The molecule has 1 atom stereocenters. The largest absolute Gasteiger partial charge is 0.491 e. The number of benzene rings is 1. The molecular weight excluding hydrogens is 446 g/mol. The van der Waals surface area contributed by atoms with Gasteiger partial charge >= 0.3 is 0 Å². The van der Waals surface area contributed by atoms with Crippen LogP contribution in [0.5, 0.6) is 5.75 Å². The lowest BCUT2D eigenvalue weighted by molar-refractivity contribution is 0.108. The zero-order chi connectivity index (χ0) is 24.1. The molecule has 182 valence electrons. The number of thiazole rings is 1. The van der Waals surface area contributed by atoms with E-state index in [0.29, 0.717) is 24.2 Å². The molecule has 0 saturated heterocycles. The van der Waals surface area contributed by atoms with Gasteiger partial charge in [0.05, 0.1) is 21.3 Å². The summed E-state index contributed by atoms with van der Waals surface area (Å²) in [6.07, 6.45) is 5.68. The Labute approximate surface area is 206 Å². The standard InChI is InChI=1S/C26H35N5O2S/c1-17-25(34-18(2)28-17)23-14-24(31(4)20-10-6-5-7-11-20)30-26(29-23)19-9-8-12-22(13-19)33-16-21(32)15-27-3/h8-9,12-14,20-21,27,32H,5-7,10-11,15-16H2,1-4H3. The average molecular weight is 482 g/mol. The van der Waals surface area contributed by atoms with Gasteiger partial charge in [-0.3, -0.25) is 0 Å². The second-order valence-corrected chi connectivity index (χ2v) is 10.2. The summed E-state index contributed by atoms with van der Waals surface area (Å²) in [6, 6.07) is 10.4. The van der Waals surface area contributed by atoms with Crippen molar-refractivity contribution in [1.82, 2.24) is 20.3 Å². The molecule has 0 aliphatic heterocycles. The van der Waals surface area contributed by atoms with Gasteiger partial charge in [-0.15, -0.1) is 11.3 Å². The molecular formula is C26H35N5O2S. The van der Waals surface area contributed by atoms with Crippen LogP contribution in [0.3, 0.4) is 0 Å². The zero-order valence-electron chi connectivity index (χ0n) is 20.5. The number of hydrogen-bond acceptors (Lipinski definition) is 8. The first-order valence-electron chi connectivity index (χ1n) is 12.1. The molecule has 8 heteroatoms. The molecule has 2 heterocycles. The Hall–Kier alpha value is -2.55. The first kappa shape index (κ1) is 24.6. The highest BCUT2D eigenvalue weighted by Gasteiger charge is 2.22. The molecule has 7 nitrogen and oxygen atoms in total. The Morgan fingerprint density at radius 1 is 1.15 bits per heavy atom. The van der Waals surface area contributed by atoms with Crippen LogP contribution in [0.4, 0.5) is 5.82 Å². The lowest BCUT2D eigenvalue weighted by Crippen LogP contribution is -2.34. The molecule has 4 rings (SSSR count). The van der Waals surface area contributed by atoms with Crippen molar-refractivity contribution in [2.24, 2.45) is 0 Å². The summed E-state index contributed by atoms with van der Waals surface area (Å²) in [5, 5.41) is 14.0. The minimum absolute atomic E-state index is 0.222. The van der Waals surface area contributed by atoms with Crippen molar-refractivity contribution < 1.29 is 9.84 Å². The van der Waals surface area contributed by atoms with Crippen LogP contribution in [-0.4, -0.2) is 59.5 Å². The van der Waals surface area contributed by atoms with Gasteiger partial charge in [-0.25, -0.2) is 15.0 Å². The maximum Gasteiger partial charge on any atom is 0.162 e. The number of ether oxygens (including phenoxy) is 1. The van der Waals surface area contributed by atoms with Gasteiger partial charge < -0.3 is 20.1 Å². The summed E-state index contributed by atoms with van der Waals surface area (Å²) in [5.74, 6) is 2.30. The van der Waals surface area contributed by atoms with E-state index in [2.05, 4.69) is 28.3 Å². The molecule has 2 N–H and O–H groups in total. The Balaban J connectivity index is 1.69. The quantitative estimate of drug-likeness (QED) is 0.462. The number of aliphatic hydroxyl groups excluding tert-OH is 1. The van der Waals surface area contributed by atoms with Gasteiger partial charge in [0.15, 0.2) is 5.82 Å². The fraction of sp³-hybridized carbons (Fsp3) is 0.500. The van der Waals surface area contributed by atoms with Crippen molar-refractivity contribution in [3.8, 4) is 27.7 Å². The predicted molar refractivity (Wildman–Crippen MR) is 139 cm³/mol. The SMILES string of the molecule is CNCC(O)COc1cccc(-c2nc(-c3sc(C)nc3C)cc(N(C)C3CCCCC3)n2)c1. The minimum Gasteiger partial charge on any atom is -0.491 e. The average Bonchev–Trinajstić information content (AvgIpc) is 3.20. The van der Waals surface area contributed by atoms with E-state index < -0.39 is 6.10 Å². The van der Waals surface area contributed by atoms with Gasteiger partial charge in [-0.2, -0.15) is 0 Å². The molecule has 1 aliphatic rings. The van der Waals surface area contributed by atoms with E-state index in [-0.39, 0.29) is 6.61 Å². The number of likely N-dealkylation sites (N-methyl/N-ethyl adjacent to an activating group) is 1. The lowest BCUT2D eigenvalue weighted by atomic mass is 9.94. The monoisotopic (exact) mass is 481 g/mol. The molecule has 1 aromatic carbocycles. The normalized spacial score (nSPS) is 15.3. The lowest BCUT2D eigenvalue weighted by Gasteiger charge is -2.32. The highest BCUT2D eigenvalue weighted by Crippen LogP contribution is 2.34. The van der Waals surface area contributed by atoms with Gasteiger partial charge in [-0.1, -0.05) is 31.4 Å². The van der Waals surface area contributed by atoms with E-state index in [1.165, 1.54) is 32.1 Å². The topological polar surface area (TPSA) is 83.4 Å². The molecule has 3 aromatic rings. The van der Waals surface area contributed by atoms with Crippen molar-refractivity contribution in [3.63, 3.8) is 0 Å². The van der Waals surface area contributed by atoms with E-state index in [1.54, 1.807) is 11.3 Å². The van der Waals surface area contributed by atoms with Crippen molar-refractivity contribution in [1.29, 1.82) is 0 Å². The van der Waals surface area contributed by atoms with Crippen molar-refractivity contribution in [2.45, 2.75) is 58.1 Å². The highest BCUT2D eigenvalue weighted by atomic mass is 32.1. The molecule has 2 aromatic heterocycles. The fourth-order valence-corrected chi connectivity index (χ4v) is 5.38.